The summed E-state index contributed by atoms with van der Waals surface area (Å²) in [5, 5.41) is 11.2. The Labute approximate surface area is 188 Å². The Morgan fingerprint density at radius 3 is 2.69 bits per heavy atom. The number of ketones is 1. The Morgan fingerprint density at radius 1 is 1.22 bits per heavy atom. The first-order valence-electron chi connectivity index (χ1n) is 11.3. The van der Waals surface area contributed by atoms with E-state index in [0.717, 1.165) is 43.8 Å². The van der Waals surface area contributed by atoms with Crippen LogP contribution in [0.2, 0.25) is 0 Å². The molecule has 1 aromatic carbocycles. The summed E-state index contributed by atoms with van der Waals surface area (Å²) in [6.07, 6.45) is 3.04. The fourth-order valence-electron chi connectivity index (χ4n) is 4.58. The molecule has 0 radical (unpaired) electrons. The van der Waals surface area contributed by atoms with E-state index in [1.54, 1.807) is 24.3 Å². The molecule has 2 aromatic rings. The fraction of sp³-hybridized carbons (Fsp3) is 0.440. The lowest BCUT2D eigenvalue weighted by Crippen LogP contribution is -2.33. The molecule has 0 spiro atoms. The van der Waals surface area contributed by atoms with Gasteiger partial charge in [-0.25, -0.2) is 0 Å². The Morgan fingerprint density at radius 2 is 2.00 bits per heavy atom. The molecule has 3 heterocycles. The molecular weight excluding hydrogens is 408 g/mol. The van der Waals surface area contributed by atoms with Crippen molar-refractivity contribution in [3.63, 3.8) is 0 Å². The number of Topliss-reactive ketones (excluding diaryl/α,β-unsaturated/α-hetero) is 1. The number of benzene rings is 1. The second kappa shape index (κ2) is 9.20. The van der Waals surface area contributed by atoms with Gasteiger partial charge in [0.05, 0.1) is 11.8 Å². The van der Waals surface area contributed by atoms with Crippen LogP contribution in [-0.4, -0.2) is 58.9 Å². The van der Waals surface area contributed by atoms with Crippen molar-refractivity contribution in [1.82, 2.24) is 9.80 Å². The average molecular weight is 439 g/mol. The SMILES string of the molecule is CCN(CC)CCCN1C(=O)C(=O)C(=C(O)c2ccc3c(c2)C[C@@H](C)O3)[C@@H]1c1ccco1. The number of nitrogens with zero attached hydrogens (tertiary/aromatic N) is 2. The van der Waals surface area contributed by atoms with Crippen molar-refractivity contribution in [2.75, 3.05) is 26.2 Å². The Balaban J connectivity index is 1.68. The normalized spacial score (nSPS) is 21.9. The lowest BCUT2D eigenvalue weighted by atomic mass is 9.97. The number of carbonyl (C=O) groups excluding carboxylic acids is 2. The van der Waals surface area contributed by atoms with E-state index in [0.29, 0.717) is 17.9 Å². The zero-order valence-corrected chi connectivity index (χ0v) is 18.8. The molecule has 7 nitrogen and oxygen atoms in total. The van der Waals surface area contributed by atoms with E-state index in [1.807, 2.05) is 13.0 Å². The lowest BCUT2D eigenvalue weighted by molar-refractivity contribution is -0.140. The van der Waals surface area contributed by atoms with Crippen LogP contribution in [0.3, 0.4) is 0 Å². The molecule has 1 fully saturated rings. The number of fused-ring (bicyclic) bond motifs is 1. The number of hydrogen-bond donors (Lipinski definition) is 1. The third-order valence-corrected chi connectivity index (χ3v) is 6.29. The molecule has 2 aliphatic rings. The summed E-state index contributed by atoms with van der Waals surface area (Å²) >= 11 is 0. The highest BCUT2D eigenvalue weighted by Gasteiger charge is 2.47. The van der Waals surface area contributed by atoms with Gasteiger partial charge >= 0.3 is 0 Å². The van der Waals surface area contributed by atoms with Crippen molar-refractivity contribution in [3.05, 3.63) is 59.1 Å². The second-order valence-corrected chi connectivity index (χ2v) is 8.34. The molecule has 7 heteroatoms. The third-order valence-electron chi connectivity index (χ3n) is 6.29. The smallest absolute Gasteiger partial charge is 0.295 e. The number of rotatable bonds is 8. The molecule has 0 saturated carbocycles. The van der Waals surface area contributed by atoms with Crippen molar-refractivity contribution >= 4 is 17.4 Å². The van der Waals surface area contributed by atoms with Gasteiger partial charge in [-0.05, 0) is 68.9 Å². The molecule has 0 bridgehead atoms. The van der Waals surface area contributed by atoms with Gasteiger partial charge < -0.3 is 24.1 Å². The first kappa shape index (κ1) is 22.1. The summed E-state index contributed by atoms with van der Waals surface area (Å²) in [5.74, 6) is -0.221. The zero-order valence-electron chi connectivity index (χ0n) is 18.8. The van der Waals surface area contributed by atoms with Crippen LogP contribution in [0.1, 0.15) is 50.1 Å². The Bertz CT molecular complexity index is 1020. The van der Waals surface area contributed by atoms with Gasteiger partial charge in [-0.1, -0.05) is 13.8 Å². The summed E-state index contributed by atoms with van der Waals surface area (Å²) in [6, 6.07) is 8.07. The lowest BCUT2D eigenvalue weighted by Gasteiger charge is -2.25. The maximum Gasteiger partial charge on any atom is 0.295 e. The molecule has 4 rings (SSSR count). The first-order valence-corrected chi connectivity index (χ1v) is 11.3. The Kier molecular flexibility index (Phi) is 6.37. The van der Waals surface area contributed by atoms with E-state index in [2.05, 4.69) is 18.7 Å². The van der Waals surface area contributed by atoms with Gasteiger partial charge in [-0.2, -0.15) is 0 Å². The third kappa shape index (κ3) is 4.05. The number of furan rings is 1. The standard InChI is InChI=1S/C25H30N2O5/c1-4-26(5-2)11-7-12-27-22(20-8-6-13-31-20)21(24(29)25(27)30)23(28)17-9-10-19-18(15-17)14-16(3)32-19/h6,8-10,13,15-16,22,28H,4-5,7,11-12,14H2,1-3H3/t16-,22+/m1/s1. The van der Waals surface area contributed by atoms with Crippen LogP contribution >= 0.6 is 0 Å². The summed E-state index contributed by atoms with van der Waals surface area (Å²) < 4.78 is 11.3. The van der Waals surface area contributed by atoms with Crippen molar-refractivity contribution < 1.29 is 23.8 Å². The monoisotopic (exact) mass is 438 g/mol. The minimum Gasteiger partial charge on any atom is -0.507 e. The maximum absolute atomic E-state index is 13.0. The number of aliphatic hydroxyl groups is 1. The van der Waals surface area contributed by atoms with Crippen molar-refractivity contribution in [2.45, 2.75) is 45.8 Å². The molecular formula is C25H30N2O5. The van der Waals surface area contributed by atoms with Gasteiger partial charge in [0, 0.05) is 18.5 Å². The molecule has 32 heavy (non-hydrogen) atoms. The highest BCUT2D eigenvalue weighted by atomic mass is 16.5. The second-order valence-electron chi connectivity index (χ2n) is 8.34. The summed E-state index contributed by atoms with van der Waals surface area (Å²) in [7, 11) is 0. The summed E-state index contributed by atoms with van der Waals surface area (Å²) in [4.78, 5) is 29.8. The molecule has 1 aromatic heterocycles. The minimum atomic E-state index is -0.745. The number of ether oxygens (including phenoxy) is 1. The van der Waals surface area contributed by atoms with Crippen LogP contribution in [0.5, 0.6) is 5.75 Å². The van der Waals surface area contributed by atoms with Crippen molar-refractivity contribution in [3.8, 4) is 5.75 Å². The molecule has 0 aliphatic carbocycles. The molecule has 1 amide bonds. The topological polar surface area (TPSA) is 83.2 Å². The van der Waals surface area contributed by atoms with Gasteiger partial charge in [-0.15, -0.1) is 0 Å². The zero-order chi connectivity index (χ0) is 22.8. The van der Waals surface area contributed by atoms with Crippen molar-refractivity contribution in [1.29, 1.82) is 0 Å². The molecule has 0 unspecified atom stereocenters. The van der Waals surface area contributed by atoms with Crippen molar-refractivity contribution in [2.24, 2.45) is 0 Å². The highest BCUT2D eigenvalue weighted by Crippen LogP contribution is 2.40. The maximum atomic E-state index is 13.0. The van der Waals surface area contributed by atoms with Crippen LogP contribution in [0, 0.1) is 0 Å². The number of aliphatic hydroxyl groups excluding tert-OH is 1. The Hall–Kier alpha value is -3.06. The van der Waals surface area contributed by atoms with E-state index in [-0.39, 0.29) is 17.4 Å². The largest absolute Gasteiger partial charge is 0.507 e. The van der Waals surface area contributed by atoms with Gasteiger partial charge in [0.15, 0.2) is 0 Å². The predicted molar refractivity (Wildman–Crippen MR) is 120 cm³/mol. The van der Waals surface area contributed by atoms with Crippen LogP contribution in [-0.2, 0) is 16.0 Å². The van der Waals surface area contributed by atoms with E-state index < -0.39 is 17.7 Å². The molecule has 2 atom stereocenters. The first-order chi connectivity index (χ1) is 15.4. The predicted octanol–water partition coefficient (Wildman–Crippen LogP) is 3.76. The molecule has 1 N–H and O–H groups in total. The molecule has 1 saturated heterocycles. The van der Waals surface area contributed by atoms with E-state index in [9.17, 15) is 14.7 Å². The number of carbonyl (C=O) groups is 2. The summed E-state index contributed by atoms with van der Waals surface area (Å²) in [6.45, 7) is 9.26. The summed E-state index contributed by atoms with van der Waals surface area (Å²) in [5.41, 5.74) is 1.54. The van der Waals surface area contributed by atoms with Crippen LogP contribution < -0.4 is 4.74 Å². The highest BCUT2D eigenvalue weighted by molar-refractivity contribution is 6.46. The van der Waals surface area contributed by atoms with E-state index in [4.69, 9.17) is 9.15 Å². The average Bonchev–Trinajstić information content (AvgIpc) is 3.49. The van der Waals surface area contributed by atoms with Crippen LogP contribution in [0.15, 0.2) is 46.6 Å². The van der Waals surface area contributed by atoms with Gasteiger partial charge in [0.1, 0.15) is 29.4 Å². The minimum absolute atomic E-state index is 0.0692. The van der Waals surface area contributed by atoms with Gasteiger partial charge in [0.2, 0.25) is 0 Å². The van der Waals surface area contributed by atoms with Crippen LogP contribution in [0.4, 0.5) is 0 Å². The number of hydrogen-bond acceptors (Lipinski definition) is 6. The van der Waals surface area contributed by atoms with E-state index in [1.165, 1.54) is 11.2 Å². The van der Waals surface area contributed by atoms with Gasteiger partial charge in [-0.3, -0.25) is 9.59 Å². The molecule has 2 aliphatic heterocycles. The van der Waals surface area contributed by atoms with Crippen LogP contribution in [0.25, 0.3) is 5.76 Å². The number of likely N-dealkylation sites (tertiary alicyclic amines) is 1. The number of amides is 1. The van der Waals surface area contributed by atoms with Gasteiger partial charge in [0.25, 0.3) is 11.7 Å². The molecule has 170 valence electrons. The fourth-order valence-corrected chi connectivity index (χ4v) is 4.58. The quantitative estimate of drug-likeness (QED) is 0.384. The van der Waals surface area contributed by atoms with E-state index >= 15 is 0 Å².